The van der Waals surface area contributed by atoms with Gasteiger partial charge in [0.25, 0.3) is 5.56 Å². The zero-order chi connectivity index (χ0) is 23.9. The second-order valence-corrected chi connectivity index (χ2v) is 10.6. The van der Waals surface area contributed by atoms with Gasteiger partial charge in [0, 0.05) is 37.8 Å². The van der Waals surface area contributed by atoms with Crippen LogP contribution in [0.3, 0.4) is 0 Å². The molecule has 2 aromatic rings. The summed E-state index contributed by atoms with van der Waals surface area (Å²) in [5, 5.41) is 0. The SMILES string of the molecule is COCCCOc1cc2c(cc1N)-c1c(cc(C(=O)OC(C)C)c(=O)n1C1CC1)CS2(=O)=O. The van der Waals surface area contributed by atoms with Crippen molar-refractivity contribution in [3.63, 3.8) is 0 Å². The second-order valence-electron chi connectivity index (χ2n) is 8.63. The van der Waals surface area contributed by atoms with E-state index in [1.54, 1.807) is 31.6 Å². The van der Waals surface area contributed by atoms with Crippen molar-refractivity contribution >= 4 is 21.5 Å². The highest BCUT2D eigenvalue weighted by Crippen LogP contribution is 2.45. The summed E-state index contributed by atoms with van der Waals surface area (Å²) in [7, 11) is -2.17. The molecule has 0 atom stereocenters. The van der Waals surface area contributed by atoms with Gasteiger partial charge in [-0.1, -0.05) is 0 Å². The third-order valence-electron chi connectivity index (χ3n) is 5.59. The topological polar surface area (TPSA) is 127 Å². The van der Waals surface area contributed by atoms with Gasteiger partial charge in [0.15, 0.2) is 9.84 Å². The van der Waals surface area contributed by atoms with Crippen molar-refractivity contribution < 1.29 is 27.4 Å². The van der Waals surface area contributed by atoms with Crippen LogP contribution in [0.4, 0.5) is 5.69 Å². The van der Waals surface area contributed by atoms with Gasteiger partial charge in [-0.15, -0.1) is 0 Å². The minimum Gasteiger partial charge on any atom is -0.491 e. The average Bonchev–Trinajstić information content (AvgIpc) is 3.56. The highest BCUT2D eigenvalue weighted by Gasteiger charge is 2.37. The fourth-order valence-corrected chi connectivity index (χ4v) is 5.58. The summed E-state index contributed by atoms with van der Waals surface area (Å²) in [4.78, 5) is 26.0. The van der Waals surface area contributed by atoms with Gasteiger partial charge in [-0.05, 0) is 44.4 Å². The molecule has 0 saturated heterocycles. The first-order chi connectivity index (χ1) is 15.6. The number of nitrogen functional groups attached to an aromatic ring is 1. The maximum absolute atomic E-state index is 13.3. The molecule has 0 bridgehead atoms. The van der Waals surface area contributed by atoms with Crippen LogP contribution in [0.1, 0.15) is 55.1 Å². The molecule has 1 fully saturated rings. The summed E-state index contributed by atoms with van der Waals surface area (Å²) in [6.45, 7) is 4.20. The van der Waals surface area contributed by atoms with Crippen LogP contribution < -0.4 is 16.0 Å². The van der Waals surface area contributed by atoms with Gasteiger partial charge >= 0.3 is 5.97 Å². The molecule has 1 aromatic carbocycles. The van der Waals surface area contributed by atoms with Gasteiger partial charge in [0.2, 0.25) is 0 Å². The van der Waals surface area contributed by atoms with E-state index >= 15 is 0 Å². The van der Waals surface area contributed by atoms with E-state index in [1.807, 2.05) is 0 Å². The number of hydrogen-bond donors (Lipinski definition) is 1. The molecule has 178 valence electrons. The van der Waals surface area contributed by atoms with Crippen molar-refractivity contribution in [3.05, 3.63) is 39.7 Å². The number of carbonyl (C=O) groups excluding carboxylic acids is 1. The van der Waals surface area contributed by atoms with Crippen LogP contribution >= 0.6 is 0 Å². The number of anilines is 1. The molecule has 0 radical (unpaired) electrons. The number of fused-ring (bicyclic) bond motifs is 3. The summed E-state index contributed by atoms with van der Waals surface area (Å²) in [6.07, 6.45) is 1.76. The van der Waals surface area contributed by atoms with Crippen LogP contribution in [-0.2, 0) is 25.1 Å². The lowest BCUT2D eigenvalue weighted by Crippen LogP contribution is -2.32. The van der Waals surface area contributed by atoms with Crippen molar-refractivity contribution in [1.29, 1.82) is 0 Å². The molecule has 1 aromatic heterocycles. The van der Waals surface area contributed by atoms with Crippen LogP contribution in [0.5, 0.6) is 5.75 Å². The number of pyridine rings is 1. The van der Waals surface area contributed by atoms with Crippen molar-refractivity contribution in [2.75, 3.05) is 26.1 Å². The highest BCUT2D eigenvalue weighted by molar-refractivity contribution is 7.90. The highest BCUT2D eigenvalue weighted by atomic mass is 32.2. The number of benzene rings is 1. The number of nitrogens with two attached hydrogens (primary N) is 1. The normalized spacial score (nSPS) is 16.2. The zero-order valence-corrected chi connectivity index (χ0v) is 19.7. The van der Waals surface area contributed by atoms with E-state index in [0.717, 1.165) is 12.8 Å². The van der Waals surface area contributed by atoms with Gasteiger partial charge in [-0.2, -0.15) is 0 Å². The van der Waals surface area contributed by atoms with E-state index in [-0.39, 0.29) is 33.7 Å². The quantitative estimate of drug-likeness (QED) is 0.350. The number of aromatic nitrogens is 1. The monoisotopic (exact) mass is 476 g/mol. The molecule has 4 rings (SSSR count). The summed E-state index contributed by atoms with van der Waals surface area (Å²) in [5.74, 6) is -0.818. The number of esters is 1. The first-order valence-corrected chi connectivity index (χ1v) is 12.6. The molecule has 1 aliphatic heterocycles. The van der Waals surface area contributed by atoms with Crippen LogP contribution in [-0.4, -0.2) is 45.4 Å². The number of rotatable bonds is 8. The van der Waals surface area contributed by atoms with E-state index in [9.17, 15) is 18.0 Å². The lowest BCUT2D eigenvalue weighted by atomic mass is 10.0. The molecular formula is C23H28N2O7S. The van der Waals surface area contributed by atoms with Crippen LogP contribution in [0, 0.1) is 0 Å². The maximum Gasteiger partial charge on any atom is 0.344 e. The smallest absolute Gasteiger partial charge is 0.344 e. The summed E-state index contributed by atoms with van der Waals surface area (Å²) >= 11 is 0. The summed E-state index contributed by atoms with van der Waals surface area (Å²) in [5.41, 5.74) is 7.07. The number of hydrogen-bond acceptors (Lipinski definition) is 8. The van der Waals surface area contributed by atoms with E-state index in [2.05, 4.69) is 0 Å². The van der Waals surface area contributed by atoms with Crippen molar-refractivity contribution in [2.45, 2.75) is 55.9 Å². The molecular weight excluding hydrogens is 448 g/mol. The molecule has 0 amide bonds. The number of ether oxygens (including phenoxy) is 3. The first kappa shape index (κ1) is 23.3. The van der Waals surface area contributed by atoms with Crippen LogP contribution in [0.25, 0.3) is 11.3 Å². The fourth-order valence-electron chi connectivity index (χ4n) is 4.02. The predicted molar refractivity (Wildman–Crippen MR) is 122 cm³/mol. The largest absolute Gasteiger partial charge is 0.491 e. The van der Waals surface area contributed by atoms with Crippen LogP contribution in [0.15, 0.2) is 27.9 Å². The molecule has 33 heavy (non-hydrogen) atoms. The van der Waals surface area contributed by atoms with Crippen molar-refractivity contribution in [3.8, 4) is 17.0 Å². The summed E-state index contributed by atoms with van der Waals surface area (Å²) < 4.78 is 43.8. The van der Waals surface area contributed by atoms with Crippen LogP contribution in [0.2, 0.25) is 0 Å². The van der Waals surface area contributed by atoms with Gasteiger partial charge in [0.1, 0.15) is 11.3 Å². The molecule has 10 heteroatoms. The van der Waals surface area contributed by atoms with Gasteiger partial charge in [-0.3, -0.25) is 4.79 Å². The minimum atomic E-state index is -3.76. The second kappa shape index (κ2) is 8.83. The molecule has 1 aliphatic carbocycles. The first-order valence-electron chi connectivity index (χ1n) is 10.9. The number of nitrogens with zero attached hydrogens (tertiary/aromatic N) is 1. The third kappa shape index (κ3) is 4.49. The van der Waals surface area contributed by atoms with Crippen molar-refractivity contribution in [1.82, 2.24) is 4.57 Å². The Bertz CT molecular complexity index is 1260. The van der Waals surface area contributed by atoms with Gasteiger partial charge in [0.05, 0.1) is 34.7 Å². The van der Waals surface area contributed by atoms with E-state index in [4.69, 9.17) is 19.9 Å². The fraction of sp³-hybridized carbons (Fsp3) is 0.478. The van der Waals surface area contributed by atoms with E-state index in [0.29, 0.717) is 36.5 Å². The number of sulfone groups is 1. The Balaban J connectivity index is 1.87. The Labute approximate surface area is 192 Å². The Hall–Kier alpha value is -2.85. The van der Waals surface area contributed by atoms with Crippen molar-refractivity contribution in [2.24, 2.45) is 0 Å². The minimum absolute atomic E-state index is 0.0669. The molecule has 2 heterocycles. The summed E-state index contributed by atoms with van der Waals surface area (Å²) in [6, 6.07) is 4.23. The zero-order valence-electron chi connectivity index (χ0n) is 18.9. The Morgan fingerprint density at radius 3 is 2.58 bits per heavy atom. The lowest BCUT2D eigenvalue weighted by Gasteiger charge is -2.26. The Kier molecular flexibility index (Phi) is 6.24. The Morgan fingerprint density at radius 2 is 1.94 bits per heavy atom. The molecule has 0 spiro atoms. The van der Waals surface area contributed by atoms with E-state index in [1.165, 1.54) is 12.1 Å². The predicted octanol–water partition coefficient (Wildman–Crippen LogP) is 2.70. The Morgan fingerprint density at radius 1 is 1.21 bits per heavy atom. The number of carbonyl (C=O) groups is 1. The maximum atomic E-state index is 13.3. The standard InChI is InChI=1S/C23H28N2O7S/c1-13(2)32-23(27)17-9-14-12-33(28,29)20-11-19(31-8-4-7-30-3)18(24)10-16(20)21(14)25(22(17)26)15-5-6-15/h9-11,13,15H,4-8,12,24H2,1-3H3. The van der Waals surface area contributed by atoms with Gasteiger partial charge < -0.3 is 24.5 Å². The molecule has 2 N–H and O–H groups in total. The van der Waals surface area contributed by atoms with Gasteiger partial charge in [-0.25, -0.2) is 13.2 Å². The lowest BCUT2D eigenvalue weighted by molar-refractivity contribution is 0.0375. The molecule has 1 saturated carbocycles. The molecule has 2 aliphatic rings. The number of methoxy groups -OCH3 is 1. The molecule has 0 unspecified atom stereocenters. The van der Waals surface area contributed by atoms with E-state index < -0.39 is 27.5 Å². The molecule has 9 nitrogen and oxygen atoms in total. The third-order valence-corrected chi connectivity index (χ3v) is 7.28. The average molecular weight is 477 g/mol.